The Morgan fingerprint density at radius 3 is 3.44 bits per heavy atom. The molecule has 0 spiro atoms. The van der Waals surface area contributed by atoms with E-state index in [0.717, 1.165) is 0 Å². The van der Waals surface area contributed by atoms with Crippen molar-refractivity contribution in [2.45, 2.75) is 25.7 Å². The van der Waals surface area contributed by atoms with Crippen LogP contribution in [0.5, 0.6) is 0 Å². The minimum absolute atomic E-state index is 0.686. The van der Waals surface area contributed by atoms with E-state index < -0.39 is 0 Å². The van der Waals surface area contributed by atoms with Gasteiger partial charge in [0.25, 0.3) is 0 Å². The number of hydrogen-bond donors (Lipinski definition) is 1. The summed E-state index contributed by atoms with van der Waals surface area (Å²) in [5, 5.41) is 0. The van der Waals surface area contributed by atoms with Gasteiger partial charge in [-0.25, -0.2) is 4.98 Å². The first-order valence-corrected chi connectivity index (χ1v) is 3.40. The van der Waals surface area contributed by atoms with Gasteiger partial charge in [0.1, 0.15) is 0 Å². The van der Waals surface area contributed by atoms with E-state index in [9.17, 15) is 0 Å². The van der Waals surface area contributed by atoms with Gasteiger partial charge in [0.2, 0.25) is 0 Å². The quantitative estimate of drug-likeness (QED) is 0.554. The second-order valence-electron chi connectivity index (χ2n) is 2.71. The van der Waals surface area contributed by atoms with Crippen molar-refractivity contribution in [1.29, 1.82) is 0 Å². The monoisotopic (exact) mass is 122 g/mol. The number of hydrogen-bond acceptors (Lipinski definition) is 1. The van der Waals surface area contributed by atoms with Crippen molar-refractivity contribution in [1.82, 2.24) is 9.97 Å². The van der Waals surface area contributed by atoms with Crippen LogP contribution in [0.3, 0.4) is 0 Å². The highest BCUT2D eigenvalue weighted by atomic mass is 14.9. The summed E-state index contributed by atoms with van der Waals surface area (Å²) in [5.74, 6) is 0.686. The highest BCUT2D eigenvalue weighted by Gasteiger charge is 2.19. The van der Waals surface area contributed by atoms with E-state index in [4.69, 9.17) is 0 Å². The Balaban J connectivity index is 2.49. The number of rotatable bonds is 0. The van der Waals surface area contributed by atoms with Gasteiger partial charge in [0.15, 0.2) is 0 Å². The number of aryl methyl sites for hydroxylation is 1. The summed E-state index contributed by atoms with van der Waals surface area (Å²) in [6.45, 7) is 2.23. The molecule has 1 aromatic rings. The van der Waals surface area contributed by atoms with Crippen LogP contribution >= 0.6 is 0 Å². The zero-order chi connectivity index (χ0) is 6.27. The molecule has 2 rings (SSSR count). The minimum atomic E-state index is 0.686. The molecule has 0 radical (unpaired) electrons. The molecule has 0 fully saturated rings. The Labute approximate surface area is 54.3 Å². The predicted molar refractivity (Wildman–Crippen MR) is 35.3 cm³/mol. The van der Waals surface area contributed by atoms with Gasteiger partial charge >= 0.3 is 0 Å². The van der Waals surface area contributed by atoms with Gasteiger partial charge in [-0.1, -0.05) is 6.92 Å². The molecule has 0 bridgehead atoms. The number of H-pyrrole nitrogens is 1. The lowest BCUT2D eigenvalue weighted by Gasteiger charge is -1.94. The van der Waals surface area contributed by atoms with Crippen LogP contribution in [0.15, 0.2) is 6.33 Å². The molecule has 1 heterocycles. The first kappa shape index (κ1) is 5.03. The molecule has 0 aliphatic heterocycles. The summed E-state index contributed by atoms with van der Waals surface area (Å²) in [4.78, 5) is 7.36. The molecule has 9 heavy (non-hydrogen) atoms. The number of aromatic nitrogens is 2. The topological polar surface area (TPSA) is 28.7 Å². The Bertz CT molecular complexity index is 214. The summed E-state index contributed by atoms with van der Waals surface area (Å²) >= 11 is 0. The Hall–Kier alpha value is -0.790. The third-order valence-electron chi connectivity index (χ3n) is 2.05. The van der Waals surface area contributed by atoms with E-state index >= 15 is 0 Å². The summed E-state index contributed by atoms with van der Waals surface area (Å²) in [6, 6.07) is 0. The van der Waals surface area contributed by atoms with Crippen molar-refractivity contribution in [2.24, 2.45) is 0 Å². The molecule has 1 aliphatic rings. The van der Waals surface area contributed by atoms with E-state index in [1.807, 2.05) is 0 Å². The highest BCUT2D eigenvalue weighted by Crippen LogP contribution is 2.28. The summed E-state index contributed by atoms with van der Waals surface area (Å²) in [7, 11) is 0. The number of aromatic amines is 1. The van der Waals surface area contributed by atoms with Crippen molar-refractivity contribution >= 4 is 0 Å². The smallest absolute Gasteiger partial charge is 0.0925 e. The van der Waals surface area contributed by atoms with Gasteiger partial charge in [-0.2, -0.15) is 0 Å². The summed E-state index contributed by atoms with van der Waals surface area (Å²) < 4.78 is 0. The Kier molecular flexibility index (Phi) is 0.891. The van der Waals surface area contributed by atoms with Crippen molar-refractivity contribution in [3.8, 4) is 0 Å². The number of imidazole rings is 1. The van der Waals surface area contributed by atoms with Gasteiger partial charge in [-0.15, -0.1) is 0 Å². The Morgan fingerprint density at radius 1 is 1.78 bits per heavy atom. The van der Waals surface area contributed by atoms with Crippen molar-refractivity contribution in [3.05, 3.63) is 17.7 Å². The maximum Gasteiger partial charge on any atom is 0.0925 e. The molecule has 1 aromatic heterocycles. The standard InChI is InChI=1S/C7H10N2/c1-5-2-3-6-7(5)9-4-8-6/h4-5H,2-3H2,1H3,(H,8,9). The fraction of sp³-hybridized carbons (Fsp3) is 0.571. The SMILES string of the molecule is CC1CCc2[nH]cnc21. The lowest BCUT2D eigenvalue weighted by atomic mass is 10.1. The molecule has 1 N–H and O–H groups in total. The van der Waals surface area contributed by atoms with Crippen LogP contribution < -0.4 is 0 Å². The third kappa shape index (κ3) is 0.590. The van der Waals surface area contributed by atoms with E-state index in [1.54, 1.807) is 6.33 Å². The maximum atomic E-state index is 4.22. The first-order chi connectivity index (χ1) is 4.38. The van der Waals surface area contributed by atoms with Gasteiger partial charge in [-0.3, -0.25) is 0 Å². The molecule has 48 valence electrons. The normalized spacial score (nSPS) is 24.3. The molecule has 2 heteroatoms. The zero-order valence-electron chi connectivity index (χ0n) is 5.52. The van der Waals surface area contributed by atoms with Crippen molar-refractivity contribution in [3.63, 3.8) is 0 Å². The summed E-state index contributed by atoms with van der Waals surface area (Å²) in [6.07, 6.45) is 4.26. The molecule has 2 nitrogen and oxygen atoms in total. The second kappa shape index (κ2) is 1.59. The number of fused-ring (bicyclic) bond motifs is 1. The van der Waals surface area contributed by atoms with E-state index in [-0.39, 0.29) is 0 Å². The summed E-state index contributed by atoms with van der Waals surface area (Å²) in [5.41, 5.74) is 2.64. The second-order valence-corrected chi connectivity index (χ2v) is 2.71. The highest BCUT2D eigenvalue weighted by molar-refractivity contribution is 5.21. The minimum Gasteiger partial charge on any atom is -0.348 e. The lowest BCUT2D eigenvalue weighted by molar-refractivity contribution is 0.725. The molecule has 1 aliphatic carbocycles. The van der Waals surface area contributed by atoms with Crippen LogP contribution in [0.1, 0.15) is 30.7 Å². The molecule has 1 unspecified atom stereocenters. The fourth-order valence-corrected chi connectivity index (χ4v) is 1.45. The molecule has 0 saturated carbocycles. The van der Waals surface area contributed by atoms with Gasteiger partial charge < -0.3 is 4.98 Å². The van der Waals surface area contributed by atoms with Crippen LogP contribution in [0, 0.1) is 0 Å². The van der Waals surface area contributed by atoms with E-state index in [2.05, 4.69) is 16.9 Å². The van der Waals surface area contributed by atoms with Crippen LogP contribution in [-0.4, -0.2) is 9.97 Å². The van der Waals surface area contributed by atoms with Gasteiger partial charge in [-0.05, 0) is 12.8 Å². The fourth-order valence-electron chi connectivity index (χ4n) is 1.45. The zero-order valence-corrected chi connectivity index (χ0v) is 5.52. The average molecular weight is 122 g/mol. The number of nitrogens with zero attached hydrogens (tertiary/aromatic N) is 1. The first-order valence-electron chi connectivity index (χ1n) is 3.40. The maximum absolute atomic E-state index is 4.22. The van der Waals surface area contributed by atoms with Crippen molar-refractivity contribution in [2.75, 3.05) is 0 Å². The number of nitrogens with one attached hydrogen (secondary N) is 1. The van der Waals surface area contributed by atoms with E-state index in [0.29, 0.717) is 5.92 Å². The molecule has 0 aromatic carbocycles. The van der Waals surface area contributed by atoms with Crippen molar-refractivity contribution < 1.29 is 0 Å². The van der Waals surface area contributed by atoms with Crippen LogP contribution in [0.25, 0.3) is 0 Å². The van der Waals surface area contributed by atoms with Gasteiger partial charge in [0.05, 0.1) is 12.0 Å². The van der Waals surface area contributed by atoms with Crippen LogP contribution in [-0.2, 0) is 6.42 Å². The van der Waals surface area contributed by atoms with Crippen LogP contribution in [0.4, 0.5) is 0 Å². The van der Waals surface area contributed by atoms with Crippen LogP contribution in [0.2, 0.25) is 0 Å². The van der Waals surface area contributed by atoms with E-state index in [1.165, 1.54) is 24.2 Å². The lowest BCUT2D eigenvalue weighted by Crippen LogP contribution is -1.84. The Morgan fingerprint density at radius 2 is 2.67 bits per heavy atom. The molecule has 0 saturated heterocycles. The van der Waals surface area contributed by atoms with Gasteiger partial charge in [0, 0.05) is 11.6 Å². The predicted octanol–water partition coefficient (Wildman–Crippen LogP) is 1.46. The molecular weight excluding hydrogens is 112 g/mol. The third-order valence-corrected chi connectivity index (χ3v) is 2.05. The molecular formula is C7H10N2. The molecule has 0 amide bonds. The average Bonchev–Trinajstić information content (AvgIpc) is 2.35. The molecule has 1 atom stereocenters. The largest absolute Gasteiger partial charge is 0.348 e.